The number of ketones is 2. The third kappa shape index (κ3) is 3.69. The highest BCUT2D eigenvalue weighted by Crippen LogP contribution is 2.21. The molecule has 1 heterocycles. The fourth-order valence-corrected chi connectivity index (χ4v) is 2.08. The van der Waals surface area contributed by atoms with Gasteiger partial charge in [-0.3, -0.25) is 9.59 Å². The maximum absolute atomic E-state index is 11.4. The van der Waals surface area contributed by atoms with Crippen LogP contribution in [-0.4, -0.2) is 39.4 Å². The van der Waals surface area contributed by atoms with Gasteiger partial charge in [-0.25, -0.2) is 9.78 Å². The summed E-state index contributed by atoms with van der Waals surface area (Å²) in [6.07, 6.45) is 1.32. The number of Topliss-reactive ketones (excluding diaryl/α,β-unsaturated/α-hetero) is 2. The topological polar surface area (TPSA) is 89.1 Å². The lowest BCUT2D eigenvalue weighted by atomic mass is 10.2. The average Bonchev–Trinajstić information content (AvgIpc) is 2.73. The number of H-pyrrole nitrogens is 1. The van der Waals surface area contributed by atoms with E-state index in [2.05, 4.69) is 9.97 Å². The molecule has 0 saturated carbocycles. The summed E-state index contributed by atoms with van der Waals surface area (Å²) in [7, 11) is 0. The molecule has 1 N–H and O–H groups in total. The van der Waals surface area contributed by atoms with Crippen LogP contribution < -0.4 is 0 Å². The van der Waals surface area contributed by atoms with Gasteiger partial charge >= 0.3 is 5.97 Å². The first-order valence-corrected chi connectivity index (χ1v) is 6.23. The normalized spacial score (nSPS) is 10.4. The first-order valence-electron chi connectivity index (χ1n) is 5.35. The highest BCUT2D eigenvalue weighted by Gasteiger charge is 2.23. The van der Waals surface area contributed by atoms with Gasteiger partial charge in [0.2, 0.25) is 0 Å². The molecule has 98 valence electrons. The largest absolute Gasteiger partial charge is 0.461 e. The minimum Gasteiger partial charge on any atom is -0.461 e. The summed E-state index contributed by atoms with van der Waals surface area (Å²) in [5.74, 6) is -1.01. The summed E-state index contributed by atoms with van der Waals surface area (Å²) < 4.78 is 4.79. The third-order valence-electron chi connectivity index (χ3n) is 2.02. The Morgan fingerprint density at radius 3 is 2.50 bits per heavy atom. The number of aromatic amines is 1. The maximum atomic E-state index is 11.4. The maximum Gasteiger partial charge on any atom is 0.356 e. The SMILES string of the molecule is CCOC(=O)c1cnc(SC(C(C)=O)C(C)=O)[nH]1. The smallest absolute Gasteiger partial charge is 0.356 e. The number of esters is 1. The molecule has 0 spiro atoms. The number of aromatic nitrogens is 2. The van der Waals surface area contributed by atoms with Crippen molar-refractivity contribution in [3.63, 3.8) is 0 Å². The summed E-state index contributed by atoms with van der Waals surface area (Å²) >= 11 is 0.988. The highest BCUT2D eigenvalue weighted by atomic mass is 32.2. The second-order valence-corrected chi connectivity index (χ2v) is 4.64. The predicted octanol–water partition coefficient (Wildman–Crippen LogP) is 1.23. The molecule has 0 bridgehead atoms. The number of nitrogens with one attached hydrogen (secondary N) is 1. The van der Waals surface area contributed by atoms with Crippen LogP contribution in [0.5, 0.6) is 0 Å². The van der Waals surface area contributed by atoms with Gasteiger partial charge in [0.15, 0.2) is 16.7 Å². The van der Waals surface area contributed by atoms with Crippen LogP contribution in [0.4, 0.5) is 0 Å². The Hall–Kier alpha value is -1.63. The van der Waals surface area contributed by atoms with E-state index in [0.29, 0.717) is 5.16 Å². The molecular weight excluding hydrogens is 256 g/mol. The molecule has 0 amide bonds. The van der Waals surface area contributed by atoms with Crippen molar-refractivity contribution in [1.82, 2.24) is 9.97 Å². The predicted molar refractivity (Wildman–Crippen MR) is 65.6 cm³/mol. The molecule has 0 aromatic carbocycles. The minimum absolute atomic E-state index is 0.199. The Bertz CT molecular complexity index is 455. The number of thioether (sulfide) groups is 1. The van der Waals surface area contributed by atoms with Crippen molar-refractivity contribution >= 4 is 29.3 Å². The zero-order valence-electron chi connectivity index (χ0n) is 10.4. The number of hydrogen-bond acceptors (Lipinski definition) is 6. The van der Waals surface area contributed by atoms with Gasteiger partial charge in [-0.05, 0) is 20.8 Å². The van der Waals surface area contributed by atoms with E-state index in [-0.39, 0.29) is 23.9 Å². The number of nitrogens with zero attached hydrogens (tertiary/aromatic N) is 1. The Morgan fingerprint density at radius 2 is 2.00 bits per heavy atom. The molecule has 0 saturated heterocycles. The monoisotopic (exact) mass is 270 g/mol. The van der Waals surface area contributed by atoms with Gasteiger partial charge in [0.25, 0.3) is 0 Å². The Balaban J connectivity index is 2.77. The van der Waals surface area contributed by atoms with Gasteiger partial charge in [0.05, 0.1) is 12.8 Å². The lowest BCUT2D eigenvalue weighted by Gasteiger charge is -2.06. The second kappa shape index (κ2) is 6.34. The van der Waals surface area contributed by atoms with Crippen LogP contribution >= 0.6 is 11.8 Å². The van der Waals surface area contributed by atoms with Crippen LogP contribution in [0.2, 0.25) is 0 Å². The molecule has 0 fully saturated rings. The Kier molecular flexibility index (Phi) is 5.08. The van der Waals surface area contributed by atoms with Gasteiger partial charge in [0, 0.05) is 0 Å². The summed E-state index contributed by atoms with van der Waals surface area (Å²) in [5.41, 5.74) is 0.199. The summed E-state index contributed by atoms with van der Waals surface area (Å²) in [6.45, 7) is 4.65. The molecule has 0 aliphatic heterocycles. The summed E-state index contributed by atoms with van der Waals surface area (Å²) in [5, 5.41) is -0.459. The van der Waals surface area contributed by atoms with Gasteiger partial charge in [0.1, 0.15) is 10.9 Å². The van der Waals surface area contributed by atoms with Crippen LogP contribution in [0.3, 0.4) is 0 Å². The third-order valence-corrected chi connectivity index (χ3v) is 3.35. The molecule has 1 rings (SSSR count). The van der Waals surface area contributed by atoms with E-state index in [9.17, 15) is 14.4 Å². The van der Waals surface area contributed by atoms with Gasteiger partial charge < -0.3 is 9.72 Å². The molecule has 0 unspecified atom stereocenters. The van der Waals surface area contributed by atoms with Crippen LogP contribution in [0.15, 0.2) is 11.4 Å². The summed E-state index contributed by atoms with van der Waals surface area (Å²) in [4.78, 5) is 40.5. The first kappa shape index (κ1) is 14.4. The lowest BCUT2D eigenvalue weighted by Crippen LogP contribution is -2.22. The van der Waals surface area contributed by atoms with E-state index < -0.39 is 11.2 Å². The number of ether oxygens (including phenoxy) is 1. The molecule has 18 heavy (non-hydrogen) atoms. The van der Waals surface area contributed by atoms with Crippen molar-refractivity contribution < 1.29 is 19.1 Å². The van der Waals surface area contributed by atoms with Crippen molar-refractivity contribution in [2.24, 2.45) is 0 Å². The van der Waals surface area contributed by atoms with Crippen LogP contribution in [0.25, 0.3) is 0 Å². The van der Waals surface area contributed by atoms with Crippen molar-refractivity contribution in [2.45, 2.75) is 31.2 Å². The number of carbonyl (C=O) groups excluding carboxylic acids is 3. The van der Waals surface area contributed by atoms with E-state index >= 15 is 0 Å². The molecule has 0 aliphatic rings. The zero-order valence-corrected chi connectivity index (χ0v) is 11.2. The molecule has 1 aromatic rings. The first-order chi connectivity index (χ1) is 8.45. The van der Waals surface area contributed by atoms with Gasteiger partial charge in [-0.15, -0.1) is 0 Å². The van der Waals surface area contributed by atoms with Crippen molar-refractivity contribution in [2.75, 3.05) is 6.61 Å². The molecule has 0 aliphatic carbocycles. The number of hydrogen-bond donors (Lipinski definition) is 1. The van der Waals surface area contributed by atoms with E-state index in [1.807, 2.05) is 0 Å². The zero-order chi connectivity index (χ0) is 13.7. The van der Waals surface area contributed by atoms with E-state index in [1.54, 1.807) is 6.92 Å². The molecular formula is C11H14N2O4S. The molecule has 1 aromatic heterocycles. The van der Waals surface area contributed by atoms with Crippen molar-refractivity contribution in [3.8, 4) is 0 Å². The Labute approximate surface area is 109 Å². The number of imidazole rings is 1. The van der Waals surface area contributed by atoms with Crippen LogP contribution in [-0.2, 0) is 14.3 Å². The van der Waals surface area contributed by atoms with E-state index in [1.165, 1.54) is 20.0 Å². The number of carbonyl (C=O) groups is 3. The van der Waals surface area contributed by atoms with Gasteiger partial charge in [-0.1, -0.05) is 11.8 Å². The standard InChI is InChI=1S/C11H14N2O4S/c1-4-17-10(16)8-5-12-11(13-8)18-9(6(2)14)7(3)15/h5,9H,4H2,1-3H3,(H,12,13). The quantitative estimate of drug-likeness (QED) is 0.475. The lowest BCUT2D eigenvalue weighted by molar-refractivity contribution is -0.123. The number of rotatable bonds is 6. The minimum atomic E-state index is -0.800. The van der Waals surface area contributed by atoms with Crippen LogP contribution in [0, 0.1) is 0 Å². The molecule has 0 radical (unpaired) electrons. The van der Waals surface area contributed by atoms with Crippen molar-refractivity contribution in [1.29, 1.82) is 0 Å². The van der Waals surface area contributed by atoms with E-state index in [4.69, 9.17) is 4.74 Å². The van der Waals surface area contributed by atoms with Crippen LogP contribution in [0.1, 0.15) is 31.3 Å². The van der Waals surface area contributed by atoms with Crippen molar-refractivity contribution in [3.05, 3.63) is 11.9 Å². The highest BCUT2D eigenvalue weighted by molar-refractivity contribution is 8.01. The fourth-order valence-electron chi connectivity index (χ4n) is 1.24. The molecule has 6 nitrogen and oxygen atoms in total. The second-order valence-electron chi connectivity index (χ2n) is 3.54. The Morgan fingerprint density at radius 1 is 1.39 bits per heavy atom. The summed E-state index contributed by atoms with van der Waals surface area (Å²) in [6, 6.07) is 0. The average molecular weight is 270 g/mol. The van der Waals surface area contributed by atoms with Gasteiger partial charge in [-0.2, -0.15) is 0 Å². The molecule has 0 atom stereocenters. The molecule has 7 heteroatoms. The fraction of sp³-hybridized carbons (Fsp3) is 0.455. The van der Waals surface area contributed by atoms with E-state index in [0.717, 1.165) is 11.8 Å².